The average Bonchev–Trinajstić information content (AvgIpc) is 3.11. The van der Waals surface area contributed by atoms with Crippen LogP contribution in [0.4, 0.5) is 4.79 Å². The molecule has 2 fully saturated rings. The van der Waals surface area contributed by atoms with E-state index in [1.165, 1.54) is 0 Å². The topological polar surface area (TPSA) is 75.9 Å². The number of rotatable bonds is 4. The first-order valence-corrected chi connectivity index (χ1v) is 8.24. The normalized spacial score (nSPS) is 23.3. The predicted octanol–water partition coefficient (Wildman–Crippen LogP) is 1.72. The van der Waals surface area contributed by atoms with Crippen LogP contribution in [-0.2, 0) is 9.53 Å². The second kappa shape index (κ2) is 6.44. The molecular formula is C16H29N3O3. The van der Waals surface area contributed by atoms with Crippen LogP contribution in [0, 0.1) is 0 Å². The molecule has 1 saturated carbocycles. The van der Waals surface area contributed by atoms with Gasteiger partial charge in [-0.3, -0.25) is 4.79 Å². The zero-order valence-corrected chi connectivity index (χ0v) is 14.2. The lowest BCUT2D eigenvalue weighted by Crippen LogP contribution is -2.50. The fraction of sp³-hybridized carbons (Fsp3) is 0.875. The molecule has 0 spiro atoms. The summed E-state index contributed by atoms with van der Waals surface area (Å²) in [6.45, 7) is 8.59. The van der Waals surface area contributed by atoms with Crippen LogP contribution in [-0.4, -0.2) is 58.6 Å². The Kier molecular flexibility index (Phi) is 5.00. The highest BCUT2D eigenvalue weighted by atomic mass is 16.6. The van der Waals surface area contributed by atoms with E-state index >= 15 is 0 Å². The molecule has 2 rings (SSSR count). The summed E-state index contributed by atoms with van der Waals surface area (Å²) in [6, 6.07) is -0.144. The SMILES string of the molecule is C[C@H](N)C(=O)N(CC1CCCN1C(=O)OC(C)(C)C)C1CC1. The standard InChI is InChI=1S/C16H29N3O3/c1-11(17)14(20)19(12-7-8-12)10-13-6-5-9-18(13)15(21)22-16(2,3)4/h11-13H,5-10,17H2,1-4H3/t11-,13?/m0/s1. The summed E-state index contributed by atoms with van der Waals surface area (Å²) in [5.74, 6) is -0.0152. The van der Waals surface area contributed by atoms with Crippen LogP contribution in [0.25, 0.3) is 0 Å². The fourth-order valence-corrected chi connectivity index (χ4v) is 2.88. The van der Waals surface area contributed by atoms with Crippen LogP contribution in [0.15, 0.2) is 0 Å². The molecule has 22 heavy (non-hydrogen) atoms. The maximum Gasteiger partial charge on any atom is 0.410 e. The monoisotopic (exact) mass is 311 g/mol. The maximum absolute atomic E-state index is 12.3. The van der Waals surface area contributed by atoms with E-state index in [1.807, 2.05) is 25.7 Å². The molecule has 0 radical (unpaired) electrons. The second-order valence-corrected chi connectivity index (χ2v) is 7.48. The lowest BCUT2D eigenvalue weighted by Gasteiger charge is -2.33. The Balaban J connectivity index is 2.00. The van der Waals surface area contributed by atoms with E-state index in [2.05, 4.69) is 0 Å². The van der Waals surface area contributed by atoms with Crippen molar-refractivity contribution in [2.24, 2.45) is 5.73 Å². The molecule has 0 aromatic rings. The molecule has 2 atom stereocenters. The van der Waals surface area contributed by atoms with Crippen LogP contribution >= 0.6 is 0 Å². The summed E-state index contributed by atoms with van der Waals surface area (Å²) in [5.41, 5.74) is 5.26. The third-order valence-corrected chi connectivity index (χ3v) is 4.07. The average molecular weight is 311 g/mol. The smallest absolute Gasteiger partial charge is 0.410 e. The first kappa shape index (κ1) is 17.1. The van der Waals surface area contributed by atoms with Crippen molar-refractivity contribution in [3.8, 4) is 0 Å². The zero-order valence-electron chi connectivity index (χ0n) is 14.2. The second-order valence-electron chi connectivity index (χ2n) is 7.48. The van der Waals surface area contributed by atoms with Gasteiger partial charge >= 0.3 is 6.09 Å². The molecule has 126 valence electrons. The first-order valence-electron chi connectivity index (χ1n) is 8.24. The van der Waals surface area contributed by atoms with Crippen molar-refractivity contribution in [3.05, 3.63) is 0 Å². The molecule has 1 aliphatic carbocycles. The Hall–Kier alpha value is -1.30. The predicted molar refractivity (Wildman–Crippen MR) is 84.3 cm³/mol. The van der Waals surface area contributed by atoms with Crippen molar-refractivity contribution in [2.75, 3.05) is 13.1 Å². The molecule has 0 aromatic carbocycles. The van der Waals surface area contributed by atoms with Gasteiger partial charge in [-0.1, -0.05) is 0 Å². The number of hydrogen-bond donors (Lipinski definition) is 1. The van der Waals surface area contributed by atoms with E-state index in [0.717, 1.165) is 25.7 Å². The summed E-state index contributed by atoms with van der Waals surface area (Å²) in [4.78, 5) is 28.2. The number of nitrogens with zero attached hydrogens (tertiary/aromatic N) is 2. The third-order valence-electron chi connectivity index (χ3n) is 4.07. The van der Waals surface area contributed by atoms with Gasteiger partial charge in [-0.15, -0.1) is 0 Å². The number of carbonyl (C=O) groups is 2. The molecule has 2 N–H and O–H groups in total. The molecule has 0 bridgehead atoms. The van der Waals surface area contributed by atoms with Crippen molar-refractivity contribution < 1.29 is 14.3 Å². The molecule has 6 nitrogen and oxygen atoms in total. The molecule has 1 unspecified atom stereocenters. The van der Waals surface area contributed by atoms with Crippen LogP contribution in [0.5, 0.6) is 0 Å². The van der Waals surface area contributed by atoms with Crippen LogP contribution in [0.2, 0.25) is 0 Å². The van der Waals surface area contributed by atoms with Crippen LogP contribution in [0.1, 0.15) is 53.4 Å². The van der Waals surface area contributed by atoms with Crippen LogP contribution in [0.3, 0.4) is 0 Å². The van der Waals surface area contributed by atoms with Gasteiger partial charge in [0.1, 0.15) is 5.60 Å². The minimum atomic E-state index is -0.498. The Morgan fingerprint density at radius 3 is 2.45 bits per heavy atom. The summed E-state index contributed by atoms with van der Waals surface area (Å²) in [5, 5.41) is 0. The van der Waals surface area contributed by atoms with Gasteiger partial charge in [0.15, 0.2) is 0 Å². The highest BCUT2D eigenvalue weighted by molar-refractivity contribution is 5.82. The van der Waals surface area contributed by atoms with Gasteiger partial charge in [0.2, 0.25) is 5.91 Å². The van der Waals surface area contributed by atoms with Crippen molar-refractivity contribution in [1.82, 2.24) is 9.80 Å². The van der Waals surface area contributed by atoms with Gasteiger partial charge in [0.05, 0.1) is 12.1 Å². The van der Waals surface area contributed by atoms with Crippen molar-refractivity contribution >= 4 is 12.0 Å². The lowest BCUT2D eigenvalue weighted by molar-refractivity contribution is -0.133. The molecule has 1 aliphatic heterocycles. The van der Waals surface area contributed by atoms with E-state index in [-0.39, 0.29) is 18.0 Å². The third kappa shape index (κ3) is 4.35. The molecule has 2 aliphatic rings. The van der Waals surface area contributed by atoms with Gasteiger partial charge in [-0.2, -0.15) is 0 Å². The Labute approximate surface area is 132 Å². The number of ether oxygens (including phenoxy) is 1. The van der Waals surface area contributed by atoms with E-state index < -0.39 is 11.6 Å². The summed E-state index contributed by atoms with van der Waals surface area (Å²) in [6.07, 6.45) is 3.66. The fourth-order valence-electron chi connectivity index (χ4n) is 2.88. The highest BCUT2D eigenvalue weighted by Crippen LogP contribution is 2.30. The molecule has 1 heterocycles. The Morgan fingerprint density at radius 2 is 1.95 bits per heavy atom. The molecule has 6 heteroatoms. The minimum Gasteiger partial charge on any atom is -0.444 e. The zero-order chi connectivity index (χ0) is 16.5. The molecule has 1 saturated heterocycles. The quantitative estimate of drug-likeness (QED) is 0.858. The molecule has 0 aromatic heterocycles. The maximum atomic E-state index is 12.3. The molecule has 2 amide bonds. The van der Waals surface area contributed by atoms with Gasteiger partial charge in [0, 0.05) is 19.1 Å². The minimum absolute atomic E-state index is 0.0152. The first-order chi connectivity index (χ1) is 10.2. The van der Waals surface area contributed by atoms with Crippen molar-refractivity contribution in [3.63, 3.8) is 0 Å². The van der Waals surface area contributed by atoms with Crippen LogP contribution < -0.4 is 5.73 Å². The summed E-state index contributed by atoms with van der Waals surface area (Å²) < 4.78 is 5.48. The largest absolute Gasteiger partial charge is 0.444 e. The van der Waals surface area contributed by atoms with Gasteiger partial charge in [-0.25, -0.2) is 4.79 Å². The summed E-state index contributed by atoms with van der Waals surface area (Å²) >= 11 is 0. The Bertz CT molecular complexity index is 427. The van der Waals surface area contributed by atoms with E-state index in [0.29, 0.717) is 19.1 Å². The Morgan fingerprint density at radius 1 is 1.32 bits per heavy atom. The van der Waals surface area contributed by atoms with Gasteiger partial charge in [-0.05, 0) is 53.4 Å². The van der Waals surface area contributed by atoms with Crippen molar-refractivity contribution in [1.29, 1.82) is 0 Å². The van der Waals surface area contributed by atoms with E-state index in [9.17, 15) is 9.59 Å². The number of hydrogen-bond acceptors (Lipinski definition) is 4. The lowest BCUT2D eigenvalue weighted by atomic mass is 10.2. The van der Waals surface area contributed by atoms with Crippen molar-refractivity contribution in [2.45, 2.75) is 77.1 Å². The van der Waals surface area contributed by atoms with E-state index in [1.54, 1.807) is 11.8 Å². The highest BCUT2D eigenvalue weighted by Gasteiger charge is 2.39. The number of nitrogens with two attached hydrogens (primary N) is 1. The number of likely N-dealkylation sites (tertiary alicyclic amines) is 1. The van der Waals surface area contributed by atoms with Gasteiger partial charge < -0.3 is 20.3 Å². The molecular weight excluding hydrogens is 282 g/mol. The number of carbonyl (C=O) groups excluding carboxylic acids is 2. The number of amides is 2. The summed E-state index contributed by atoms with van der Waals surface area (Å²) in [7, 11) is 0. The van der Waals surface area contributed by atoms with E-state index in [4.69, 9.17) is 10.5 Å². The van der Waals surface area contributed by atoms with Gasteiger partial charge in [0.25, 0.3) is 0 Å².